The first kappa shape index (κ1) is 86.0. The lowest BCUT2D eigenvalue weighted by molar-refractivity contribution is -0.161. The SMILES string of the molecule is CN1CCN(C(=O)C(F)(F)c2ccc3nc(-c4c(NC[C@H](O)c5cccc(Cl)c5)cc[nH]c4=O)[nH]c3c2)CC1.Cc1cc(C(F)(F)C(=O)N2CCN(C3CC3)CC2)cc2[nH]c(-c3c(NC[C@H](O)c4cccc(Cl)c4)cc[nH]c3=O)nc12.Cc1cc(C(F)(F)CN2CCN(C3CC3)CC2)cc2[nH]c(-c3c(NC[C@H](O)c4cccc(Cl)c4)cc[nH]c3=O)nc12. The second kappa shape index (κ2) is 36.3. The predicted molar refractivity (Wildman–Crippen MR) is 459 cm³/mol. The van der Waals surface area contributed by atoms with E-state index in [2.05, 4.69) is 70.6 Å². The molecule has 3 saturated heterocycles. The zero-order chi connectivity index (χ0) is 86.1. The Morgan fingerprint density at radius 1 is 0.459 bits per heavy atom. The third-order valence-electron chi connectivity index (χ3n) is 22.8. The van der Waals surface area contributed by atoms with Crippen LogP contribution >= 0.6 is 34.8 Å². The molecule has 0 unspecified atom stereocenters. The number of hydrogen-bond donors (Lipinski definition) is 12. The highest BCUT2D eigenvalue weighted by Gasteiger charge is 2.48. The fraction of sp³-hybridized carbons (Fsp3) is 0.356. The average molecular weight is 1740 g/mol. The van der Waals surface area contributed by atoms with E-state index in [4.69, 9.17) is 34.8 Å². The molecule has 0 bridgehead atoms. The predicted octanol–water partition coefficient (Wildman–Crippen LogP) is 12.9. The van der Waals surface area contributed by atoms with Gasteiger partial charge in [0.05, 0.1) is 75.0 Å². The van der Waals surface area contributed by atoms with Crippen LogP contribution < -0.4 is 32.6 Å². The second-order valence-corrected chi connectivity index (χ2v) is 32.9. The number of anilines is 3. The number of nitrogens with one attached hydrogen (secondary N) is 9. The summed E-state index contributed by atoms with van der Waals surface area (Å²) in [6.45, 7) is 9.55. The van der Waals surface area contributed by atoms with Gasteiger partial charge in [0.25, 0.3) is 34.4 Å². The van der Waals surface area contributed by atoms with Gasteiger partial charge in [0.2, 0.25) is 0 Å². The van der Waals surface area contributed by atoms with Crippen LogP contribution in [0.25, 0.3) is 67.3 Å². The molecule has 2 aliphatic carbocycles. The maximum absolute atomic E-state index is 15.6. The van der Waals surface area contributed by atoms with Crippen molar-refractivity contribution in [3.05, 3.63) is 243 Å². The van der Waals surface area contributed by atoms with Crippen molar-refractivity contribution in [2.75, 3.05) is 128 Å². The van der Waals surface area contributed by atoms with E-state index in [1.165, 1.54) is 83.7 Å². The molecule has 12 aromatic rings. The minimum Gasteiger partial charge on any atom is -0.387 e. The largest absolute Gasteiger partial charge is 0.387 e. The van der Waals surface area contributed by atoms with Crippen LogP contribution in [0.2, 0.25) is 15.1 Å². The summed E-state index contributed by atoms with van der Waals surface area (Å²) < 4.78 is 92.6. The molecule has 3 aliphatic heterocycles. The van der Waals surface area contributed by atoms with Gasteiger partial charge in [-0.05, 0) is 165 Å². The first-order valence-electron chi connectivity index (χ1n) is 40.2. The van der Waals surface area contributed by atoms with Crippen molar-refractivity contribution in [3.63, 3.8) is 0 Å². The fourth-order valence-corrected chi connectivity index (χ4v) is 16.3. The molecule has 5 fully saturated rings. The molecule has 2 saturated carbocycles. The smallest absolute Gasteiger partial charge is 0.350 e. The van der Waals surface area contributed by atoms with Gasteiger partial charge in [0.1, 0.15) is 34.2 Å². The Kier molecular flexibility index (Phi) is 25.6. The van der Waals surface area contributed by atoms with Crippen molar-refractivity contribution >= 4 is 96.8 Å². The number of halogens is 9. The topological polar surface area (TPSA) is 335 Å². The van der Waals surface area contributed by atoms with Crippen LogP contribution in [-0.2, 0) is 27.4 Å². The van der Waals surface area contributed by atoms with E-state index < -0.39 is 75.7 Å². The first-order valence-corrected chi connectivity index (χ1v) is 41.4. The molecule has 26 nitrogen and oxygen atoms in total. The number of aryl methyl sites for hydroxylation is 2. The zero-order valence-corrected chi connectivity index (χ0v) is 69.0. The summed E-state index contributed by atoms with van der Waals surface area (Å²) in [5.41, 5.74) is 4.57. The summed E-state index contributed by atoms with van der Waals surface area (Å²) in [6.07, 6.45) is 6.42. The van der Waals surface area contributed by atoms with Crippen LogP contribution in [0.3, 0.4) is 0 Å². The molecule has 2 amide bonds. The fourth-order valence-electron chi connectivity index (χ4n) is 15.7. The number of nitrogens with zero attached hydrogens (tertiary/aromatic N) is 9. The summed E-state index contributed by atoms with van der Waals surface area (Å²) in [4.78, 5) is 106. The van der Waals surface area contributed by atoms with Crippen molar-refractivity contribution < 1.29 is 51.3 Å². The van der Waals surface area contributed by atoms with Crippen molar-refractivity contribution in [1.29, 1.82) is 0 Å². The van der Waals surface area contributed by atoms with E-state index in [0.29, 0.717) is 133 Å². The van der Waals surface area contributed by atoms with E-state index in [0.717, 1.165) is 25.9 Å². The number of hydrogen-bond acceptors (Lipinski definition) is 18. The highest BCUT2D eigenvalue weighted by atomic mass is 35.5. The Labute approximate surface area is 710 Å². The molecular weight excluding hydrogens is 1650 g/mol. The highest BCUT2D eigenvalue weighted by Crippen LogP contribution is 2.40. The number of pyridine rings is 3. The van der Waals surface area contributed by atoms with E-state index in [-0.39, 0.29) is 103 Å². The Morgan fingerprint density at radius 2 is 0.828 bits per heavy atom. The first-order chi connectivity index (χ1) is 58.4. The van der Waals surface area contributed by atoms with Crippen LogP contribution in [0.4, 0.5) is 43.4 Å². The number of rotatable bonds is 24. The van der Waals surface area contributed by atoms with Crippen LogP contribution in [0, 0.1) is 13.8 Å². The van der Waals surface area contributed by atoms with E-state index in [1.807, 2.05) is 16.8 Å². The molecule has 0 spiro atoms. The maximum Gasteiger partial charge on any atom is 0.350 e. The molecule has 9 heterocycles. The van der Waals surface area contributed by atoms with Crippen LogP contribution in [0.5, 0.6) is 0 Å². The van der Waals surface area contributed by atoms with Gasteiger partial charge in [-0.1, -0.05) is 77.3 Å². The normalized spacial score (nSPS) is 16.7. The third-order valence-corrected chi connectivity index (χ3v) is 23.5. The minimum atomic E-state index is -3.72. The van der Waals surface area contributed by atoms with E-state index in [9.17, 15) is 39.3 Å². The average Bonchev–Trinajstić information content (AvgIpc) is 1.64. The van der Waals surface area contributed by atoms with Crippen molar-refractivity contribution in [1.82, 2.24) is 74.3 Å². The number of alkyl halides is 6. The standard InChI is InChI=1S/C30H31ClF2N6O3.C30H33ClF2N6O2.C27H27ClF2N6O3/c1-17-13-19(30(32,33)29(42)39-11-9-38(10-12-39)21-5-6-21)15-23-26(17)37-27(36-23)25-22(7-8-34-28(25)41)35-16-24(40)18-3-2-4-20(31)14-18;1-18-13-20(30(32,33)17-38-9-11-39(12-10-38)22-5-6-22)15-24-27(18)37-28(36-24)26-23(7-8-34-29(26)41)35-16-25(40)19-3-2-4-21(31)14-19;1-35-9-11-36(12-10-35)26(39)27(29,30)17-5-6-19-21(14-17)34-24(33-19)23-20(7-8-31-25(23)38)32-15-22(37)16-3-2-4-18(28)13-16/h2-4,7-8,13-15,21,24,40H,5-6,9-12,16H2,1H3,(H,36,37)(H2,34,35,41);2-4,7-8,13-15,22,25,40H,5-6,9-12,16-17H2,1H3,(H,36,37)(H2,34,35,41);2-8,13-14,22,37H,9-12,15H2,1H3,(H,33,34)(H2,31,32,38)/t24-;25-;22-/m000/s1. The van der Waals surface area contributed by atoms with Gasteiger partial charge >= 0.3 is 11.8 Å². The monoisotopic (exact) mass is 1730 g/mol. The van der Waals surface area contributed by atoms with Gasteiger partial charge in [-0.2, -0.15) is 26.3 Å². The number of benzene rings is 6. The van der Waals surface area contributed by atoms with Crippen LogP contribution in [-0.4, -0.2) is 225 Å². The molecule has 35 heteroatoms. The number of piperazine rings is 3. The van der Waals surface area contributed by atoms with Crippen molar-refractivity contribution in [3.8, 4) is 34.2 Å². The number of amides is 2. The molecule has 3 atom stereocenters. The van der Waals surface area contributed by atoms with Gasteiger partial charge < -0.3 is 75.9 Å². The quantitative estimate of drug-likeness (QED) is 0.0250. The van der Waals surface area contributed by atoms with Crippen molar-refractivity contribution in [2.24, 2.45) is 0 Å². The van der Waals surface area contributed by atoms with Crippen molar-refractivity contribution in [2.45, 2.75) is 87.7 Å². The lowest BCUT2D eigenvalue weighted by Crippen LogP contribution is -2.53. The van der Waals surface area contributed by atoms with Gasteiger partial charge in [-0.15, -0.1) is 0 Å². The summed E-state index contributed by atoms with van der Waals surface area (Å²) in [6, 6.07) is 35.8. The lowest BCUT2D eigenvalue weighted by atomic mass is 10.0. The number of aliphatic hydroxyl groups excluding tert-OH is 3. The van der Waals surface area contributed by atoms with Crippen LogP contribution in [0.15, 0.2) is 166 Å². The summed E-state index contributed by atoms with van der Waals surface area (Å²) in [5, 5.41) is 42.6. The summed E-state index contributed by atoms with van der Waals surface area (Å²) >= 11 is 18.1. The summed E-state index contributed by atoms with van der Waals surface area (Å²) in [5.74, 6) is -12.4. The van der Waals surface area contributed by atoms with Gasteiger partial charge in [-0.25, -0.2) is 15.0 Å². The number of fused-ring (bicyclic) bond motifs is 3. The molecule has 640 valence electrons. The molecular formula is C87H91Cl3F6N18O8. The van der Waals surface area contributed by atoms with Gasteiger partial charge in [-0.3, -0.25) is 38.7 Å². The molecule has 5 aliphatic rings. The van der Waals surface area contributed by atoms with Crippen LogP contribution in [0.1, 0.15) is 88.5 Å². The van der Waals surface area contributed by atoms with E-state index >= 15 is 26.3 Å². The highest BCUT2D eigenvalue weighted by molar-refractivity contribution is 6.31. The molecule has 0 radical (unpaired) electrons. The number of aliphatic hydroxyl groups is 3. The lowest BCUT2D eigenvalue weighted by Gasteiger charge is -2.36. The number of imidazole rings is 3. The van der Waals surface area contributed by atoms with Gasteiger partial charge in [0, 0.05) is 161 Å². The number of carbonyl (C=O) groups is 2. The number of likely N-dealkylation sites (N-methyl/N-ethyl adjacent to an activating group) is 1. The Balaban J connectivity index is 0.000000142. The number of aromatic amines is 6. The number of aromatic nitrogens is 9. The van der Waals surface area contributed by atoms with Gasteiger partial charge in [0.15, 0.2) is 0 Å². The Hall–Kier alpha value is -10.9. The minimum absolute atomic E-state index is 0.0712. The number of H-pyrrole nitrogens is 6. The Bertz CT molecular complexity index is 6010. The molecule has 122 heavy (non-hydrogen) atoms. The third kappa shape index (κ3) is 19.4. The second-order valence-electron chi connectivity index (χ2n) is 31.6. The molecule has 6 aromatic carbocycles. The number of carbonyl (C=O) groups excluding carboxylic acids is 2. The zero-order valence-electron chi connectivity index (χ0n) is 66.8. The molecule has 17 rings (SSSR count). The Morgan fingerprint density at radius 3 is 1.25 bits per heavy atom. The molecule has 12 N–H and O–H groups in total. The summed E-state index contributed by atoms with van der Waals surface area (Å²) in [7, 11) is 1.88. The van der Waals surface area contributed by atoms with E-state index in [1.54, 1.807) is 105 Å². The molecule has 6 aromatic heterocycles. The maximum atomic E-state index is 15.6.